The summed E-state index contributed by atoms with van der Waals surface area (Å²) in [4.78, 5) is 15.3. The summed E-state index contributed by atoms with van der Waals surface area (Å²) in [6, 6.07) is 3.70. The first-order chi connectivity index (χ1) is 7.65. The van der Waals surface area contributed by atoms with Crippen LogP contribution in [0.4, 0.5) is 5.69 Å². The number of rotatable bonds is 2. The first kappa shape index (κ1) is 10.5. The molecule has 2 rings (SSSR count). The lowest BCUT2D eigenvalue weighted by atomic mass is 10.3. The van der Waals surface area contributed by atoms with Crippen molar-refractivity contribution in [2.24, 2.45) is 0 Å². The van der Waals surface area contributed by atoms with Gasteiger partial charge < -0.3 is 5.11 Å². The van der Waals surface area contributed by atoms with Crippen LogP contribution >= 0.6 is 0 Å². The fraction of sp³-hybridized carbons (Fsp3) is 0.250. The van der Waals surface area contributed by atoms with Gasteiger partial charge in [0.25, 0.3) is 5.70 Å². The first-order valence-electron chi connectivity index (χ1n) is 5.17. The van der Waals surface area contributed by atoms with Gasteiger partial charge in [0.05, 0.1) is 6.08 Å². The molecule has 1 N–H and O–H groups in total. The average molecular weight is 217 g/mol. The predicted molar refractivity (Wildman–Crippen MR) is 60.7 cm³/mol. The topological polar surface area (TPSA) is 53.2 Å². The molecule has 0 atom stereocenters. The van der Waals surface area contributed by atoms with Crippen molar-refractivity contribution in [1.82, 2.24) is 4.98 Å². The van der Waals surface area contributed by atoms with Crippen molar-refractivity contribution in [3.8, 4) is 0 Å². The van der Waals surface area contributed by atoms with Crippen LogP contribution in [0, 0.1) is 0 Å². The Labute approximate surface area is 93.6 Å². The zero-order valence-corrected chi connectivity index (χ0v) is 9.27. The van der Waals surface area contributed by atoms with E-state index in [4.69, 9.17) is 5.11 Å². The van der Waals surface area contributed by atoms with Gasteiger partial charge in [-0.3, -0.25) is 0 Å². The SMILES string of the molecule is CCC(C)=[N+]1C(C(=O)O)=Cc2ncccc21. The molecule has 0 aliphatic carbocycles. The number of aromatic nitrogens is 1. The number of aliphatic carboxylic acids is 1. The number of carboxylic acids is 1. The smallest absolute Gasteiger partial charge is 0.401 e. The molecule has 0 amide bonds. The molecule has 0 unspecified atom stereocenters. The fourth-order valence-electron chi connectivity index (χ4n) is 1.76. The van der Waals surface area contributed by atoms with Gasteiger partial charge in [0.2, 0.25) is 5.69 Å². The molecular weight excluding hydrogens is 204 g/mol. The molecule has 2 heterocycles. The number of carboxylic acid groups (broad SMARTS) is 1. The lowest BCUT2D eigenvalue weighted by Crippen LogP contribution is -2.16. The molecule has 1 aliphatic rings. The Balaban J connectivity index is 2.66. The van der Waals surface area contributed by atoms with Crippen molar-refractivity contribution < 1.29 is 14.5 Å². The highest BCUT2D eigenvalue weighted by molar-refractivity contribution is 5.95. The van der Waals surface area contributed by atoms with E-state index in [1.54, 1.807) is 16.8 Å². The van der Waals surface area contributed by atoms with E-state index in [0.29, 0.717) is 5.69 Å². The summed E-state index contributed by atoms with van der Waals surface area (Å²) in [6.07, 6.45) is 4.08. The summed E-state index contributed by atoms with van der Waals surface area (Å²) in [5.41, 5.74) is 2.83. The van der Waals surface area contributed by atoms with E-state index in [1.165, 1.54) is 0 Å². The van der Waals surface area contributed by atoms with Crippen molar-refractivity contribution >= 4 is 23.4 Å². The summed E-state index contributed by atoms with van der Waals surface area (Å²) in [6.45, 7) is 3.93. The van der Waals surface area contributed by atoms with Crippen molar-refractivity contribution in [2.45, 2.75) is 20.3 Å². The molecule has 1 aliphatic heterocycles. The monoisotopic (exact) mass is 217 g/mol. The summed E-state index contributed by atoms with van der Waals surface area (Å²) >= 11 is 0. The Hall–Kier alpha value is -1.97. The quantitative estimate of drug-likeness (QED) is 0.771. The van der Waals surface area contributed by atoms with E-state index >= 15 is 0 Å². The highest BCUT2D eigenvalue weighted by Gasteiger charge is 2.34. The van der Waals surface area contributed by atoms with Crippen molar-refractivity contribution in [1.29, 1.82) is 0 Å². The molecular formula is C12H13N2O2+. The van der Waals surface area contributed by atoms with E-state index in [-0.39, 0.29) is 5.70 Å². The highest BCUT2D eigenvalue weighted by atomic mass is 16.4. The van der Waals surface area contributed by atoms with Crippen LogP contribution < -0.4 is 0 Å². The minimum atomic E-state index is -0.925. The van der Waals surface area contributed by atoms with Crippen LogP contribution in [-0.2, 0) is 4.79 Å². The van der Waals surface area contributed by atoms with Crippen molar-refractivity contribution in [3.05, 3.63) is 29.7 Å². The van der Waals surface area contributed by atoms with Crippen molar-refractivity contribution in [3.63, 3.8) is 0 Å². The molecule has 0 bridgehead atoms. The Morgan fingerprint density at radius 1 is 1.56 bits per heavy atom. The Morgan fingerprint density at radius 3 is 2.94 bits per heavy atom. The van der Waals surface area contributed by atoms with Gasteiger partial charge in [-0.25, -0.2) is 9.78 Å². The van der Waals surface area contributed by atoms with E-state index in [0.717, 1.165) is 17.8 Å². The normalized spacial score (nSPS) is 16.8. The molecule has 4 heteroatoms. The van der Waals surface area contributed by atoms with E-state index in [2.05, 4.69) is 4.98 Å². The third kappa shape index (κ3) is 1.52. The second-order valence-electron chi connectivity index (χ2n) is 3.67. The van der Waals surface area contributed by atoms with Crippen LogP contribution in [0.1, 0.15) is 26.0 Å². The predicted octanol–water partition coefficient (Wildman–Crippen LogP) is 2.04. The maximum absolute atomic E-state index is 11.1. The standard InChI is InChI=1S/C12H12N2O2/c1-3-8(2)14-10-5-4-6-13-9(10)7-11(14)12(15)16/h4-7H,3H2,1-2H3/p+1. The van der Waals surface area contributed by atoms with Gasteiger partial charge in [-0.15, -0.1) is 0 Å². The van der Waals surface area contributed by atoms with E-state index in [9.17, 15) is 4.79 Å². The number of pyridine rings is 1. The van der Waals surface area contributed by atoms with E-state index in [1.807, 2.05) is 26.0 Å². The molecule has 0 fully saturated rings. The molecule has 4 nitrogen and oxygen atoms in total. The number of hydrogen-bond donors (Lipinski definition) is 1. The van der Waals surface area contributed by atoms with Gasteiger partial charge in [0, 0.05) is 25.6 Å². The lowest BCUT2D eigenvalue weighted by molar-refractivity contribution is -0.377. The zero-order valence-electron chi connectivity index (χ0n) is 9.27. The van der Waals surface area contributed by atoms with Gasteiger partial charge in [-0.2, -0.15) is 4.58 Å². The minimum absolute atomic E-state index is 0.271. The van der Waals surface area contributed by atoms with Crippen LogP contribution in [0.2, 0.25) is 0 Å². The average Bonchev–Trinajstić information content (AvgIpc) is 2.67. The molecule has 0 radical (unpaired) electrons. The molecule has 82 valence electrons. The zero-order chi connectivity index (χ0) is 11.7. The molecule has 1 aromatic rings. The molecule has 0 spiro atoms. The molecule has 0 aromatic carbocycles. The van der Waals surface area contributed by atoms with Gasteiger partial charge in [-0.05, 0) is 6.07 Å². The van der Waals surface area contributed by atoms with Crippen molar-refractivity contribution in [2.75, 3.05) is 0 Å². The van der Waals surface area contributed by atoms with Gasteiger partial charge >= 0.3 is 5.97 Å². The molecule has 16 heavy (non-hydrogen) atoms. The lowest BCUT2D eigenvalue weighted by Gasteiger charge is -2.00. The molecule has 1 aromatic heterocycles. The van der Waals surface area contributed by atoms with Gasteiger partial charge in [0.15, 0.2) is 5.71 Å². The summed E-state index contributed by atoms with van der Waals surface area (Å²) < 4.78 is 1.75. The Bertz CT molecular complexity index is 516. The fourth-order valence-corrected chi connectivity index (χ4v) is 1.76. The number of nitrogens with zero attached hydrogens (tertiary/aromatic N) is 2. The number of fused-ring (bicyclic) bond motifs is 1. The highest BCUT2D eigenvalue weighted by Crippen LogP contribution is 2.30. The number of hydrogen-bond acceptors (Lipinski definition) is 2. The molecule has 0 saturated heterocycles. The summed E-state index contributed by atoms with van der Waals surface area (Å²) in [5.74, 6) is -0.925. The third-order valence-corrected chi connectivity index (χ3v) is 2.68. The second kappa shape index (κ2) is 3.89. The second-order valence-corrected chi connectivity index (χ2v) is 3.67. The third-order valence-electron chi connectivity index (χ3n) is 2.68. The summed E-state index contributed by atoms with van der Waals surface area (Å²) in [7, 11) is 0. The molecule has 0 saturated carbocycles. The summed E-state index contributed by atoms with van der Waals surface area (Å²) in [5, 5.41) is 9.15. The largest absolute Gasteiger partial charge is 0.473 e. The van der Waals surface area contributed by atoms with Crippen LogP contribution in [0.25, 0.3) is 6.08 Å². The Kier molecular flexibility index (Phi) is 2.56. The Morgan fingerprint density at radius 2 is 2.31 bits per heavy atom. The van der Waals surface area contributed by atoms with Crippen LogP contribution in [0.15, 0.2) is 24.0 Å². The van der Waals surface area contributed by atoms with Crippen LogP contribution in [-0.4, -0.2) is 26.3 Å². The minimum Gasteiger partial charge on any atom is -0.473 e. The maximum atomic E-state index is 11.1. The van der Waals surface area contributed by atoms with Gasteiger partial charge in [0.1, 0.15) is 5.69 Å². The number of carbonyl (C=O) groups is 1. The first-order valence-corrected chi connectivity index (χ1v) is 5.17. The van der Waals surface area contributed by atoms with Gasteiger partial charge in [-0.1, -0.05) is 6.92 Å². The van der Waals surface area contributed by atoms with Crippen LogP contribution in [0.5, 0.6) is 0 Å². The van der Waals surface area contributed by atoms with Crippen LogP contribution in [0.3, 0.4) is 0 Å². The maximum Gasteiger partial charge on any atom is 0.401 e. The van der Waals surface area contributed by atoms with E-state index < -0.39 is 5.97 Å².